The van der Waals surface area contributed by atoms with Crippen molar-refractivity contribution in [2.75, 3.05) is 24.5 Å². The Morgan fingerprint density at radius 2 is 1.89 bits per heavy atom. The number of pyridine rings is 1. The standard InChI is InChI=1S/C23H24FN3O/c1-16-2-4-18(5-3-16)23(28)26-15-17-9-12-27(13-10-17)22-8-11-25-21-7-6-19(24)14-20(21)22/h2-8,11,14,17H,9-10,12-13,15H2,1H3,(H,26,28). The minimum absolute atomic E-state index is 0.0157. The minimum atomic E-state index is -0.240. The van der Waals surface area contributed by atoms with E-state index < -0.39 is 0 Å². The molecular formula is C23H24FN3O. The molecule has 0 radical (unpaired) electrons. The summed E-state index contributed by atoms with van der Waals surface area (Å²) in [5.74, 6) is 0.198. The van der Waals surface area contributed by atoms with Crippen LogP contribution in [0.1, 0.15) is 28.8 Å². The molecule has 1 amide bonds. The Balaban J connectivity index is 1.35. The van der Waals surface area contributed by atoms with Crippen LogP contribution in [0, 0.1) is 18.7 Å². The smallest absolute Gasteiger partial charge is 0.251 e. The van der Waals surface area contributed by atoms with E-state index in [1.54, 1.807) is 18.3 Å². The molecule has 0 bridgehead atoms. The van der Waals surface area contributed by atoms with Crippen LogP contribution >= 0.6 is 0 Å². The molecular weight excluding hydrogens is 353 g/mol. The molecule has 2 heterocycles. The maximum absolute atomic E-state index is 13.7. The van der Waals surface area contributed by atoms with Gasteiger partial charge in [-0.05, 0) is 62.1 Å². The van der Waals surface area contributed by atoms with Gasteiger partial charge in [-0.1, -0.05) is 17.7 Å². The molecule has 0 aliphatic carbocycles. The van der Waals surface area contributed by atoms with Crippen molar-refractivity contribution in [2.45, 2.75) is 19.8 Å². The first kappa shape index (κ1) is 18.4. The number of piperidine rings is 1. The number of hydrogen-bond donors (Lipinski definition) is 1. The van der Waals surface area contributed by atoms with E-state index in [0.717, 1.165) is 48.1 Å². The van der Waals surface area contributed by atoms with Gasteiger partial charge in [-0.2, -0.15) is 0 Å². The highest BCUT2D eigenvalue weighted by atomic mass is 19.1. The van der Waals surface area contributed by atoms with Crippen molar-refractivity contribution in [3.8, 4) is 0 Å². The summed E-state index contributed by atoms with van der Waals surface area (Å²) in [6.07, 6.45) is 3.77. The van der Waals surface area contributed by atoms with E-state index in [2.05, 4.69) is 15.2 Å². The fraction of sp³-hybridized carbons (Fsp3) is 0.304. The molecule has 2 aromatic carbocycles. The number of nitrogens with zero attached hydrogens (tertiary/aromatic N) is 2. The zero-order chi connectivity index (χ0) is 19.5. The Morgan fingerprint density at radius 1 is 1.14 bits per heavy atom. The first-order valence-corrected chi connectivity index (χ1v) is 9.74. The lowest BCUT2D eigenvalue weighted by atomic mass is 9.96. The Morgan fingerprint density at radius 3 is 2.64 bits per heavy atom. The van der Waals surface area contributed by atoms with Crippen molar-refractivity contribution in [3.05, 3.63) is 71.7 Å². The second-order valence-corrected chi connectivity index (χ2v) is 7.50. The van der Waals surface area contributed by atoms with Gasteiger partial charge in [0.2, 0.25) is 0 Å². The molecule has 28 heavy (non-hydrogen) atoms. The third-order valence-electron chi connectivity index (χ3n) is 5.50. The lowest BCUT2D eigenvalue weighted by molar-refractivity contribution is 0.0945. The van der Waals surface area contributed by atoms with Crippen LogP contribution < -0.4 is 10.2 Å². The van der Waals surface area contributed by atoms with E-state index >= 15 is 0 Å². The Kier molecular flexibility index (Phi) is 5.24. The number of aryl methyl sites for hydroxylation is 1. The van der Waals surface area contributed by atoms with Gasteiger partial charge in [0.25, 0.3) is 5.91 Å². The highest BCUT2D eigenvalue weighted by Crippen LogP contribution is 2.29. The molecule has 0 saturated carbocycles. The van der Waals surface area contributed by atoms with Crippen LogP contribution in [0.5, 0.6) is 0 Å². The van der Waals surface area contributed by atoms with Crippen LogP contribution in [-0.2, 0) is 0 Å². The Hall–Kier alpha value is -2.95. The van der Waals surface area contributed by atoms with E-state index in [0.29, 0.717) is 18.0 Å². The number of carbonyl (C=O) groups excluding carboxylic acids is 1. The molecule has 0 atom stereocenters. The number of amides is 1. The summed E-state index contributed by atoms with van der Waals surface area (Å²) in [5.41, 5.74) is 3.69. The van der Waals surface area contributed by atoms with Crippen molar-refractivity contribution < 1.29 is 9.18 Å². The van der Waals surface area contributed by atoms with E-state index in [1.807, 2.05) is 37.3 Å². The lowest BCUT2D eigenvalue weighted by Gasteiger charge is -2.34. The predicted molar refractivity (Wildman–Crippen MR) is 110 cm³/mol. The van der Waals surface area contributed by atoms with Crippen LogP contribution in [0.15, 0.2) is 54.7 Å². The fourth-order valence-corrected chi connectivity index (χ4v) is 3.80. The number of benzene rings is 2. The van der Waals surface area contributed by atoms with E-state index in [4.69, 9.17) is 0 Å². The van der Waals surface area contributed by atoms with Crippen LogP contribution in [0.3, 0.4) is 0 Å². The first-order chi connectivity index (χ1) is 13.6. The SMILES string of the molecule is Cc1ccc(C(=O)NCC2CCN(c3ccnc4ccc(F)cc34)CC2)cc1. The van der Waals surface area contributed by atoms with Crippen molar-refractivity contribution in [2.24, 2.45) is 5.92 Å². The van der Waals surface area contributed by atoms with Crippen molar-refractivity contribution in [1.29, 1.82) is 0 Å². The van der Waals surface area contributed by atoms with Crippen molar-refractivity contribution in [1.82, 2.24) is 10.3 Å². The summed E-state index contributed by atoms with van der Waals surface area (Å²) in [4.78, 5) is 18.9. The number of aromatic nitrogens is 1. The maximum atomic E-state index is 13.7. The van der Waals surface area contributed by atoms with Crippen molar-refractivity contribution >= 4 is 22.5 Å². The second-order valence-electron chi connectivity index (χ2n) is 7.50. The molecule has 144 valence electrons. The number of fused-ring (bicyclic) bond motifs is 1. The second kappa shape index (κ2) is 7.97. The summed E-state index contributed by atoms with van der Waals surface area (Å²) >= 11 is 0. The summed E-state index contributed by atoms with van der Waals surface area (Å²) < 4.78 is 13.7. The van der Waals surface area contributed by atoms with Gasteiger partial charge in [0.15, 0.2) is 0 Å². The first-order valence-electron chi connectivity index (χ1n) is 9.74. The Bertz CT molecular complexity index is 979. The van der Waals surface area contributed by atoms with Crippen LogP contribution in [0.4, 0.5) is 10.1 Å². The average molecular weight is 377 g/mol. The highest BCUT2D eigenvalue weighted by molar-refractivity contribution is 5.94. The molecule has 4 nitrogen and oxygen atoms in total. The van der Waals surface area contributed by atoms with E-state index in [9.17, 15) is 9.18 Å². The third-order valence-corrected chi connectivity index (χ3v) is 5.50. The molecule has 1 saturated heterocycles. The van der Waals surface area contributed by atoms with Gasteiger partial charge >= 0.3 is 0 Å². The van der Waals surface area contributed by atoms with Gasteiger partial charge in [0, 0.05) is 42.5 Å². The number of halogens is 1. The zero-order valence-corrected chi connectivity index (χ0v) is 16.0. The summed E-state index contributed by atoms with van der Waals surface area (Å²) in [6.45, 7) is 4.48. The van der Waals surface area contributed by atoms with Gasteiger partial charge in [-0.3, -0.25) is 9.78 Å². The highest BCUT2D eigenvalue weighted by Gasteiger charge is 2.21. The normalized spacial score (nSPS) is 15.0. The monoisotopic (exact) mass is 377 g/mol. The van der Waals surface area contributed by atoms with Gasteiger partial charge in [0.05, 0.1) is 5.52 Å². The van der Waals surface area contributed by atoms with Crippen LogP contribution in [-0.4, -0.2) is 30.5 Å². The lowest BCUT2D eigenvalue weighted by Crippen LogP contribution is -2.38. The zero-order valence-electron chi connectivity index (χ0n) is 16.0. The van der Waals surface area contributed by atoms with E-state index in [1.165, 1.54) is 6.07 Å². The van der Waals surface area contributed by atoms with E-state index in [-0.39, 0.29) is 11.7 Å². The molecule has 5 heteroatoms. The molecule has 1 aromatic heterocycles. The van der Waals surface area contributed by atoms with Gasteiger partial charge in [0.1, 0.15) is 5.82 Å². The Labute approximate surface area is 164 Å². The summed E-state index contributed by atoms with van der Waals surface area (Å²) in [5, 5.41) is 3.92. The van der Waals surface area contributed by atoms with Gasteiger partial charge < -0.3 is 10.2 Å². The topological polar surface area (TPSA) is 45.2 Å². The molecule has 0 spiro atoms. The minimum Gasteiger partial charge on any atom is -0.371 e. The maximum Gasteiger partial charge on any atom is 0.251 e. The summed E-state index contributed by atoms with van der Waals surface area (Å²) in [7, 11) is 0. The molecule has 1 fully saturated rings. The summed E-state index contributed by atoms with van der Waals surface area (Å²) in [6, 6.07) is 14.3. The fourth-order valence-electron chi connectivity index (χ4n) is 3.80. The van der Waals surface area contributed by atoms with Gasteiger partial charge in [-0.15, -0.1) is 0 Å². The molecule has 1 aliphatic heterocycles. The van der Waals surface area contributed by atoms with Crippen LogP contribution in [0.2, 0.25) is 0 Å². The largest absolute Gasteiger partial charge is 0.371 e. The number of nitrogens with one attached hydrogen (secondary N) is 1. The van der Waals surface area contributed by atoms with Gasteiger partial charge in [-0.25, -0.2) is 4.39 Å². The van der Waals surface area contributed by atoms with Crippen LogP contribution in [0.25, 0.3) is 10.9 Å². The predicted octanol–water partition coefficient (Wildman–Crippen LogP) is 4.33. The molecule has 0 unspecified atom stereocenters. The quantitative estimate of drug-likeness (QED) is 0.736. The third kappa shape index (κ3) is 3.98. The number of rotatable bonds is 4. The average Bonchev–Trinajstić information content (AvgIpc) is 2.72. The number of carbonyl (C=O) groups is 1. The molecule has 1 aliphatic rings. The molecule has 4 rings (SSSR count). The molecule has 3 aromatic rings. The number of anilines is 1. The molecule has 1 N–H and O–H groups in total. The van der Waals surface area contributed by atoms with Crippen molar-refractivity contribution in [3.63, 3.8) is 0 Å². The number of hydrogen-bond acceptors (Lipinski definition) is 3.